The average Bonchev–Trinajstić information content (AvgIpc) is 2.40. The van der Waals surface area contributed by atoms with Gasteiger partial charge in [-0.3, -0.25) is 9.36 Å². The van der Waals surface area contributed by atoms with E-state index in [4.69, 9.17) is 0 Å². The van der Waals surface area contributed by atoms with Gasteiger partial charge >= 0.3 is 0 Å². The van der Waals surface area contributed by atoms with Crippen LogP contribution in [0, 0.1) is 3.57 Å². The SMILES string of the molecule is CCCCSc1nc2ccc(I)cc2c(=O)n1CC. The second-order valence-corrected chi connectivity index (χ2v) is 6.61. The average molecular weight is 388 g/mol. The molecular formula is C14H17IN2OS. The molecule has 2 aromatic rings. The zero-order chi connectivity index (χ0) is 13.8. The van der Waals surface area contributed by atoms with Gasteiger partial charge in [0.2, 0.25) is 0 Å². The molecule has 0 aliphatic rings. The van der Waals surface area contributed by atoms with E-state index in [1.54, 1.807) is 16.3 Å². The third kappa shape index (κ3) is 3.31. The van der Waals surface area contributed by atoms with Crippen LogP contribution in [0.3, 0.4) is 0 Å². The molecule has 2 rings (SSSR count). The van der Waals surface area contributed by atoms with Crippen LogP contribution in [-0.2, 0) is 6.54 Å². The highest BCUT2D eigenvalue weighted by Crippen LogP contribution is 2.20. The fourth-order valence-electron chi connectivity index (χ4n) is 1.87. The summed E-state index contributed by atoms with van der Waals surface area (Å²) in [7, 11) is 0. The zero-order valence-corrected chi connectivity index (χ0v) is 14.1. The predicted octanol–water partition coefficient (Wildman–Crippen LogP) is 3.91. The molecule has 1 aromatic carbocycles. The van der Waals surface area contributed by atoms with Crippen molar-refractivity contribution >= 4 is 45.3 Å². The number of aromatic nitrogens is 2. The Bertz CT molecular complexity index is 639. The Labute approximate surface area is 130 Å². The number of halogens is 1. The van der Waals surface area contributed by atoms with Crippen LogP contribution in [-0.4, -0.2) is 15.3 Å². The molecule has 5 heteroatoms. The summed E-state index contributed by atoms with van der Waals surface area (Å²) in [4.78, 5) is 17.1. The van der Waals surface area contributed by atoms with Gasteiger partial charge in [0.1, 0.15) is 0 Å². The first-order valence-corrected chi connectivity index (χ1v) is 8.56. The summed E-state index contributed by atoms with van der Waals surface area (Å²) in [5.41, 5.74) is 0.874. The molecule has 0 radical (unpaired) electrons. The first-order chi connectivity index (χ1) is 9.17. The van der Waals surface area contributed by atoms with Crippen molar-refractivity contribution in [1.82, 2.24) is 9.55 Å². The summed E-state index contributed by atoms with van der Waals surface area (Å²) in [5.74, 6) is 1.01. The molecule has 0 N–H and O–H groups in total. The monoisotopic (exact) mass is 388 g/mol. The van der Waals surface area contributed by atoms with Crippen LogP contribution in [0.2, 0.25) is 0 Å². The topological polar surface area (TPSA) is 34.9 Å². The third-order valence-electron chi connectivity index (χ3n) is 2.93. The first kappa shape index (κ1) is 14.8. The fourth-order valence-corrected chi connectivity index (χ4v) is 3.51. The van der Waals surface area contributed by atoms with Crippen molar-refractivity contribution in [2.45, 2.75) is 38.4 Å². The Morgan fingerprint density at radius 2 is 2.16 bits per heavy atom. The van der Waals surface area contributed by atoms with Crippen molar-refractivity contribution < 1.29 is 0 Å². The lowest BCUT2D eigenvalue weighted by Crippen LogP contribution is -2.22. The lowest BCUT2D eigenvalue weighted by atomic mass is 10.2. The lowest BCUT2D eigenvalue weighted by molar-refractivity contribution is 0.634. The Kier molecular flexibility index (Phi) is 5.27. The van der Waals surface area contributed by atoms with E-state index in [1.807, 2.05) is 25.1 Å². The van der Waals surface area contributed by atoms with E-state index in [9.17, 15) is 4.79 Å². The minimum Gasteiger partial charge on any atom is -0.287 e. The number of unbranched alkanes of at least 4 members (excludes halogenated alkanes) is 1. The minimum atomic E-state index is 0.0741. The number of thioether (sulfide) groups is 1. The van der Waals surface area contributed by atoms with E-state index in [2.05, 4.69) is 34.5 Å². The number of rotatable bonds is 5. The second kappa shape index (κ2) is 6.74. The first-order valence-electron chi connectivity index (χ1n) is 6.50. The van der Waals surface area contributed by atoms with Gasteiger partial charge in [0.15, 0.2) is 5.16 Å². The number of benzene rings is 1. The summed E-state index contributed by atoms with van der Waals surface area (Å²) in [6, 6.07) is 5.84. The standard InChI is InChI=1S/C14H17IN2OS/c1-3-5-8-19-14-16-12-7-6-10(15)9-11(12)13(18)17(14)4-2/h6-7,9H,3-5,8H2,1-2H3. The number of fused-ring (bicyclic) bond motifs is 1. The number of hydrogen-bond acceptors (Lipinski definition) is 3. The van der Waals surface area contributed by atoms with Crippen molar-refractivity contribution in [2.75, 3.05) is 5.75 Å². The summed E-state index contributed by atoms with van der Waals surface area (Å²) in [6.07, 6.45) is 2.31. The van der Waals surface area contributed by atoms with E-state index in [0.717, 1.165) is 32.8 Å². The van der Waals surface area contributed by atoms with Crippen molar-refractivity contribution in [3.8, 4) is 0 Å². The highest BCUT2D eigenvalue weighted by Gasteiger charge is 2.10. The van der Waals surface area contributed by atoms with Crippen molar-refractivity contribution in [1.29, 1.82) is 0 Å². The summed E-state index contributed by atoms with van der Waals surface area (Å²) < 4.78 is 2.84. The van der Waals surface area contributed by atoms with E-state index < -0.39 is 0 Å². The van der Waals surface area contributed by atoms with Crippen LogP contribution in [0.1, 0.15) is 26.7 Å². The number of nitrogens with zero attached hydrogens (tertiary/aromatic N) is 2. The molecule has 0 bridgehead atoms. The summed E-state index contributed by atoms with van der Waals surface area (Å²) >= 11 is 3.90. The van der Waals surface area contributed by atoms with Crippen LogP contribution in [0.25, 0.3) is 10.9 Å². The van der Waals surface area contributed by atoms with Gasteiger partial charge in [-0.25, -0.2) is 4.98 Å². The molecule has 0 fully saturated rings. The molecule has 0 aliphatic carbocycles. The van der Waals surface area contributed by atoms with Gasteiger partial charge in [-0.05, 0) is 54.1 Å². The maximum Gasteiger partial charge on any atom is 0.262 e. The van der Waals surface area contributed by atoms with E-state index in [-0.39, 0.29) is 5.56 Å². The van der Waals surface area contributed by atoms with Gasteiger partial charge in [-0.2, -0.15) is 0 Å². The van der Waals surface area contributed by atoms with Gasteiger partial charge in [0, 0.05) is 15.9 Å². The molecule has 0 saturated carbocycles. The molecule has 1 aromatic heterocycles. The van der Waals surface area contributed by atoms with Crippen molar-refractivity contribution in [3.63, 3.8) is 0 Å². The van der Waals surface area contributed by atoms with Crippen molar-refractivity contribution in [3.05, 3.63) is 32.1 Å². The van der Waals surface area contributed by atoms with Gasteiger partial charge in [-0.1, -0.05) is 25.1 Å². The molecule has 0 amide bonds. The largest absolute Gasteiger partial charge is 0.287 e. The fraction of sp³-hybridized carbons (Fsp3) is 0.429. The van der Waals surface area contributed by atoms with Crippen LogP contribution in [0.15, 0.2) is 28.2 Å². The molecule has 0 unspecified atom stereocenters. The second-order valence-electron chi connectivity index (χ2n) is 4.31. The van der Waals surface area contributed by atoms with E-state index in [0.29, 0.717) is 11.9 Å². The molecule has 0 saturated heterocycles. The third-order valence-corrected chi connectivity index (χ3v) is 4.66. The Morgan fingerprint density at radius 1 is 1.37 bits per heavy atom. The maximum absolute atomic E-state index is 12.5. The Balaban J connectivity index is 2.52. The van der Waals surface area contributed by atoms with Crippen LogP contribution in [0.4, 0.5) is 0 Å². The Hall–Kier alpha value is -0.560. The molecule has 0 spiro atoms. The quantitative estimate of drug-likeness (QED) is 0.337. The molecule has 0 aliphatic heterocycles. The maximum atomic E-state index is 12.5. The minimum absolute atomic E-state index is 0.0741. The summed E-state index contributed by atoms with van der Waals surface area (Å²) in [6.45, 7) is 4.83. The van der Waals surface area contributed by atoms with Gasteiger partial charge in [-0.15, -0.1) is 0 Å². The predicted molar refractivity (Wildman–Crippen MR) is 90.0 cm³/mol. The van der Waals surface area contributed by atoms with Gasteiger partial charge in [0.05, 0.1) is 10.9 Å². The highest BCUT2D eigenvalue weighted by atomic mass is 127. The molecule has 19 heavy (non-hydrogen) atoms. The normalized spacial score (nSPS) is 11.1. The Morgan fingerprint density at radius 3 is 2.84 bits per heavy atom. The van der Waals surface area contributed by atoms with Gasteiger partial charge in [0.25, 0.3) is 5.56 Å². The zero-order valence-electron chi connectivity index (χ0n) is 11.1. The molecule has 1 heterocycles. The lowest BCUT2D eigenvalue weighted by Gasteiger charge is -2.11. The van der Waals surface area contributed by atoms with Gasteiger partial charge < -0.3 is 0 Å². The summed E-state index contributed by atoms with van der Waals surface area (Å²) in [5, 5.41) is 1.56. The number of hydrogen-bond donors (Lipinski definition) is 0. The van der Waals surface area contributed by atoms with Crippen LogP contribution in [0.5, 0.6) is 0 Å². The molecule has 102 valence electrons. The van der Waals surface area contributed by atoms with E-state index in [1.165, 1.54) is 0 Å². The van der Waals surface area contributed by atoms with Crippen LogP contribution < -0.4 is 5.56 Å². The smallest absolute Gasteiger partial charge is 0.262 e. The highest BCUT2D eigenvalue weighted by molar-refractivity contribution is 14.1. The van der Waals surface area contributed by atoms with Crippen molar-refractivity contribution in [2.24, 2.45) is 0 Å². The van der Waals surface area contributed by atoms with Crippen LogP contribution >= 0.6 is 34.4 Å². The molecule has 0 atom stereocenters. The molecule has 3 nitrogen and oxygen atoms in total. The van der Waals surface area contributed by atoms with E-state index >= 15 is 0 Å². The molecular weight excluding hydrogens is 371 g/mol.